The Morgan fingerprint density at radius 2 is 2.00 bits per heavy atom. The summed E-state index contributed by atoms with van der Waals surface area (Å²) in [6.45, 7) is 5.61. The number of carboxylic acid groups (broad SMARTS) is 1. The van der Waals surface area contributed by atoms with Crippen molar-refractivity contribution < 1.29 is 14.6 Å². The van der Waals surface area contributed by atoms with Gasteiger partial charge in [-0.3, -0.25) is 10.1 Å². The number of pyridine rings is 2. The summed E-state index contributed by atoms with van der Waals surface area (Å²) in [5.41, 5.74) is 1.23. The normalized spacial score (nSPS) is 12.0. The van der Waals surface area contributed by atoms with Crippen molar-refractivity contribution in [3.8, 4) is 5.75 Å². The van der Waals surface area contributed by atoms with E-state index in [1.807, 2.05) is 20.8 Å². The second-order valence-corrected chi connectivity index (χ2v) is 7.22. The summed E-state index contributed by atoms with van der Waals surface area (Å²) < 4.78 is 5.67. The largest absolute Gasteiger partial charge is 0.489 e. The predicted molar refractivity (Wildman–Crippen MR) is 113 cm³/mol. The van der Waals surface area contributed by atoms with Crippen LogP contribution < -0.4 is 20.9 Å². The smallest absolute Gasteiger partial charge is 0.409 e. The number of rotatable bonds is 6. The molecule has 1 atom stereocenters. The van der Waals surface area contributed by atoms with Crippen molar-refractivity contribution >= 4 is 40.1 Å². The lowest BCUT2D eigenvalue weighted by Gasteiger charge is -2.16. The Balaban J connectivity index is 1.90. The second kappa shape index (κ2) is 8.40. The zero-order valence-electron chi connectivity index (χ0n) is 16.1. The van der Waals surface area contributed by atoms with Crippen molar-refractivity contribution in [2.24, 2.45) is 0 Å². The minimum absolute atomic E-state index is 0.0425. The number of halogens is 1. The highest BCUT2D eigenvalue weighted by Crippen LogP contribution is 2.30. The van der Waals surface area contributed by atoms with E-state index in [0.717, 1.165) is 5.39 Å². The SMILES string of the molecule is CC(C)Oc1cc2[nH]c(=O)c([C@H](C)Nc3cc(NC(=O)O)ccn3)cc2cc1Cl. The van der Waals surface area contributed by atoms with E-state index >= 15 is 0 Å². The predicted octanol–water partition coefficient (Wildman–Crippen LogP) is 4.63. The number of aromatic amines is 1. The molecule has 0 saturated heterocycles. The van der Waals surface area contributed by atoms with Gasteiger partial charge < -0.3 is 20.1 Å². The first kappa shape index (κ1) is 20.5. The highest BCUT2D eigenvalue weighted by molar-refractivity contribution is 6.32. The second-order valence-electron chi connectivity index (χ2n) is 6.82. The van der Waals surface area contributed by atoms with Crippen LogP contribution in [0.25, 0.3) is 10.9 Å². The van der Waals surface area contributed by atoms with Gasteiger partial charge in [-0.1, -0.05) is 11.6 Å². The molecular formula is C20H21ClN4O4. The molecule has 0 unspecified atom stereocenters. The van der Waals surface area contributed by atoms with Crippen LogP contribution in [0.5, 0.6) is 5.75 Å². The Labute approximate surface area is 171 Å². The molecule has 9 heteroatoms. The van der Waals surface area contributed by atoms with Gasteiger partial charge >= 0.3 is 6.09 Å². The Kier molecular flexibility index (Phi) is 5.93. The maximum absolute atomic E-state index is 12.6. The standard InChI is InChI=1S/C20H21ClN4O4/c1-10(2)29-17-9-16-12(7-15(17)21)6-14(19(26)25-16)11(3)23-18-8-13(4-5-22-18)24-20(27)28/h4-11H,1-3H3,(H,25,26)(H,27,28)(H2,22,23,24)/t11-/m0/s1. The first-order valence-electron chi connectivity index (χ1n) is 8.98. The Hall–Kier alpha value is -3.26. The van der Waals surface area contributed by atoms with E-state index in [0.29, 0.717) is 33.4 Å². The summed E-state index contributed by atoms with van der Waals surface area (Å²) in [5.74, 6) is 0.942. The van der Waals surface area contributed by atoms with E-state index in [9.17, 15) is 9.59 Å². The van der Waals surface area contributed by atoms with Gasteiger partial charge in [0.15, 0.2) is 0 Å². The Bertz CT molecular complexity index is 1110. The van der Waals surface area contributed by atoms with Crippen molar-refractivity contribution in [3.05, 3.63) is 57.5 Å². The molecule has 29 heavy (non-hydrogen) atoms. The Morgan fingerprint density at radius 1 is 1.24 bits per heavy atom. The maximum Gasteiger partial charge on any atom is 0.409 e. The number of H-pyrrole nitrogens is 1. The van der Waals surface area contributed by atoms with Crippen molar-refractivity contribution in [1.82, 2.24) is 9.97 Å². The number of amides is 1. The van der Waals surface area contributed by atoms with E-state index in [4.69, 9.17) is 21.4 Å². The van der Waals surface area contributed by atoms with E-state index in [1.165, 1.54) is 12.3 Å². The number of carbonyl (C=O) groups is 1. The molecule has 3 rings (SSSR count). The molecule has 0 bridgehead atoms. The summed E-state index contributed by atoms with van der Waals surface area (Å²) in [7, 11) is 0. The highest BCUT2D eigenvalue weighted by atomic mass is 35.5. The van der Waals surface area contributed by atoms with E-state index in [2.05, 4.69) is 20.6 Å². The van der Waals surface area contributed by atoms with Gasteiger partial charge in [0.05, 0.1) is 22.7 Å². The van der Waals surface area contributed by atoms with E-state index in [-0.39, 0.29) is 17.7 Å². The molecule has 4 N–H and O–H groups in total. The molecule has 0 spiro atoms. The monoisotopic (exact) mass is 416 g/mol. The average molecular weight is 417 g/mol. The molecule has 2 aromatic heterocycles. The van der Waals surface area contributed by atoms with Crippen molar-refractivity contribution in [2.45, 2.75) is 32.9 Å². The summed E-state index contributed by atoms with van der Waals surface area (Å²) in [6, 6.07) is 7.91. The van der Waals surface area contributed by atoms with Gasteiger partial charge in [-0.05, 0) is 39.0 Å². The number of nitrogens with zero attached hydrogens (tertiary/aromatic N) is 1. The third kappa shape index (κ3) is 4.97. The summed E-state index contributed by atoms with van der Waals surface area (Å²) in [6.07, 6.45) is 0.263. The van der Waals surface area contributed by atoms with Gasteiger partial charge in [-0.2, -0.15) is 0 Å². The fraction of sp³-hybridized carbons (Fsp3) is 0.250. The van der Waals surface area contributed by atoms with E-state index in [1.54, 1.807) is 24.3 Å². The van der Waals surface area contributed by atoms with Crippen LogP contribution in [0, 0.1) is 0 Å². The zero-order valence-corrected chi connectivity index (χ0v) is 16.9. The summed E-state index contributed by atoms with van der Waals surface area (Å²) in [5, 5.41) is 15.4. The van der Waals surface area contributed by atoms with Gasteiger partial charge in [0.1, 0.15) is 11.6 Å². The number of hydrogen-bond donors (Lipinski definition) is 4. The maximum atomic E-state index is 12.6. The lowest BCUT2D eigenvalue weighted by molar-refractivity contribution is 0.209. The molecule has 0 fully saturated rings. The van der Waals surface area contributed by atoms with Crippen LogP contribution in [0.3, 0.4) is 0 Å². The number of nitrogens with one attached hydrogen (secondary N) is 3. The molecule has 0 aliphatic carbocycles. The van der Waals surface area contributed by atoms with Crippen LogP contribution >= 0.6 is 11.6 Å². The molecule has 1 aromatic carbocycles. The number of benzene rings is 1. The molecule has 152 valence electrons. The van der Waals surface area contributed by atoms with Crippen molar-refractivity contribution in [1.29, 1.82) is 0 Å². The van der Waals surface area contributed by atoms with Gasteiger partial charge in [0.2, 0.25) is 0 Å². The first-order chi connectivity index (χ1) is 13.7. The molecular weight excluding hydrogens is 396 g/mol. The summed E-state index contributed by atoms with van der Waals surface area (Å²) in [4.78, 5) is 30.4. The molecule has 8 nitrogen and oxygen atoms in total. The number of ether oxygens (including phenoxy) is 1. The number of fused-ring (bicyclic) bond motifs is 1. The molecule has 3 aromatic rings. The number of anilines is 2. The van der Waals surface area contributed by atoms with Crippen LogP contribution in [0.1, 0.15) is 32.4 Å². The minimum Gasteiger partial charge on any atom is -0.489 e. The Morgan fingerprint density at radius 3 is 2.69 bits per heavy atom. The van der Waals surface area contributed by atoms with Crippen LogP contribution in [-0.2, 0) is 0 Å². The first-order valence-corrected chi connectivity index (χ1v) is 9.36. The van der Waals surface area contributed by atoms with Gasteiger partial charge in [0, 0.05) is 35.0 Å². The van der Waals surface area contributed by atoms with Gasteiger partial charge in [-0.25, -0.2) is 9.78 Å². The van der Waals surface area contributed by atoms with E-state index < -0.39 is 6.09 Å². The van der Waals surface area contributed by atoms with Crippen molar-refractivity contribution in [2.75, 3.05) is 10.6 Å². The molecule has 0 aliphatic rings. The van der Waals surface area contributed by atoms with Crippen LogP contribution in [-0.4, -0.2) is 27.3 Å². The third-order valence-corrected chi connectivity index (χ3v) is 4.43. The molecule has 2 heterocycles. The molecule has 0 radical (unpaired) electrons. The topological polar surface area (TPSA) is 116 Å². The number of aromatic nitrogens is 2. The van der Waals surface area contributed by atoms with Crippen LogP contribution in [0.15, 0.2) is 41.3 Å². The highest BCUT2D eigenvalue weighted by Gasteiger charge is 2.14. The third-order valence-electron chi connectivity index (χ3n) is 4.13. The lowest BCUT2D eigenvalue weighted by atomic mass is 10.1. The number of hydrogen-bond acceptors (Lipinski definition) is 5. The summed E-state index contributed by atoms with van der Waals surface area (Å²) >= 11 is 6.31. The van der Waals surface area contributed by atoms with Gasteiger partial charge in [-0.15, -0.1) is 0 Å². The van der Waals surface area contributed by atoms with Crippen LogP contribution in [0.2, 0.25) is 5.02 Å². The van der Waals surface area contributed by atoms with Crippen LogP contribution in [0.4, 0.5) is 16.3 Å². The quantitative estimate of drug-likeness (QED) is 0.465. The zero-order chi connectivity index (χ0) is 21.1. The minimum atomic E-state index is -1.17. The van der Waals surface area contributed by atoms with Crippen molar-refractivity contribution in [3.63, 3.8) is 0 Å². The van der Waals surface area contributed by atoms with Gasteiger partial charge in [0.25, 0.3) is 5.56 Å². The average Bonchev–Trinajstić information content (AvgIpc) is 2.61. The lowest BCUT2D eigenvalue weighted by Crippen LogP contribution is -2.20. The fourth-order valence-electron chi connectivity index (χ4n) is 2.90. The molecule has 1 amide bonds. The molecule has 0 saturated carbocycles. The fourth-order valence-corrected chi connectivity index (χ4v) is 3.12. The molecule has 0 aliphatic heterocycles.